The van der Waals surface area contributed by atoms with Gasteiger partial charge < -0.3 is 4.74 Å². The first-order valence-corrected chi connectivity index (χ1v) is 11.8. The van der Waals surface area contributed by atoms with Crippen LogP contribution in [0.3, 0.4) is 0 Å². The molecule has 1 N–H and O–H groups in total. The fourth-order valence-electron chi connectivity index (χ4n) is 2.75. The summed E-state index contributed by atoms with van der Waals surface area (Å²) < 4.78 is 60.1. The first-order chi connectivity index (χ1) is 13.1. The van der Waals surface area contributed by atoms with Gasteiger partial charge in [-0.3, -0.25) is 4.72 Å². The van der Waals surface area contributed by atoms with Crippen LogP contribution < -0.4 is 9.46 Å². The van der Waals surface area contributed by atoms with E-state index in [-0.39, 0.29) is 15.5 Å². The number of rotatable bonds is 8. The normalized spacial score (nSPS) is 12.2. The van der Waals surface area contributed by atoms with Gasteiger partial charge in [-0.1, -0.05) is 13.8 Å². The highest BCUT2D eigenvalue weighted by Crippen LogP contribution is 2.28. The third-order valence-corrected chi connectivity index (χ3v) is 8.01. The van der Waals surface area contributed by atoms with Gasteiger partial charge in [-0.15, -0.1) is 0 Å². The zero-order chi connectivity index (χ0) is 21.1. The molecule has 0 bridgehead atoms. The summed E-state index contributed by atoms with van der Waals surface area (Å²) in [4.78, 5) is 0.120. The van der Waals surface area contributed by atoms with E-state index >= 15 is 0 Å². The summed E-state index contributed by atoms with van der Waals surface area (Å²) in [5, 5.41) is 0. The van der Waals surface area contributed by atoms with Gasteiger partial charge >= 0.3 is 0 Å². The molecule has 28 heavy (non-hydrogen) atoms. The predicted molar refractivity (Wildman–Crippen MR) is 110 cm³/mol. The molecule has 0 aromatic heterocycles. The minimum Gasteiger partial charge on any atom is -0.497 e. The maximum Gasteiger partial charge on any atom is 0.261 e. The number of nitrogens with one attached hydrogen (secondary N) is 1. The lowest BCUT2D eigenvalue weighted by atomic mass is 10.1. The van der Waals surface area contributed by atoms with Gasteiger partial charge in [0.15, 0.2) is 0 Å². The van der Waals surface area contributed by atoms with Crippen LogP contribution in [0.5, 0.6) is 5.75 Å². The molecule has 0 amide bonds. The van der Waals surface area contributed by atoms with Gasteiger partial charge in [-0.05, 0) is 61.4 Å². The van der Waals surface area contributed by atoms with Crippen LogP contribution in [-0.4, -0.2) is 41.3 Å². The van der Waals surface area contributed by atoms with Gasteiger partial charge in [-0.2, -0.15) is 4.31 Å². The summed E-state index contributed by atoms with van der Waals surface area (Å²) in [6.45, 7) is 7.68. The van der Waals surface area contributed by atoms with Crippen LogP contribution in [0.15, 0.2) is 46.2 Å². The van der Waals surface area contributed by atoms with Gasteiger partial charge in [0.25, 0.3) is 10.0 Å². The maximum atomic E-state index is 12.9. The molecule has 0 spiro atoms. The Morgan fingerprint density at radius 2 is 1.50 bits per heavy atom. The molecule has 9 heteroatoms. The number of anilines is 1. The van der Waals surface area contributed by atoms with Gasteiger partial charge in [0.05, 0.1) is 22.6 Å². The molecule has 154 valence electrons. The summed E-state index contributed by atoms with van der Waals surface area (Å²) in [5.41, 5.74) is 1.58. The zero-order valence-electron chi connectivity index (χ0n) is 16.7. The van der Waals surface area contributed by atoms with Crippen LogP contribution in [0.25, 0.3) is 0 Å². The van der Waals surface area contributed by atoms with Crippen molar-refractivity contribution in [3.05, 3.63) is 47.5 Å². The Morgan fingerprint density at radius 3 is 2.00 bits per heavy atom. The molecule has 0 unspecified atom stereocenters. The lowest BCUT2D eigenvalue weighted by Crippen LogP contribution is -2.30. The first-order valence-electron chi connectivity index (χ1n) is 8.85. The Kier molecular flexibility index (Phi) is 6.74. The fraction of sp³-hybridized carbons (Fsp3) is 0.368. The number of nitrogens with zero attached hydrogens (tertiary/aromatic N) is 1. The van der Waals surface area contributed by atoms with Crippen LogP contribution in [0.1, 0.15) is 25.0 Å². The van der Waals surface area contributed by atoms with Crippen LogP contribution in [0, 0.1) is 13.8 Å². The summed E-state index contributed by atoms with van der Waals surface area (Å²) in [6, 6.07) is 8.90. The topological polar surface area (TPSA) is 92.8 Å². The molecular weight excluding hydrogens is 400 g/mol. The maximum absolute atomic E-state index is 12.9. The molecule has 7 nitrogen and oxygen atoms in total. The summed E-state index contributed by atoms with van der Waals surface area (Å²) in [7, 11) is -6.10. The van der Waals surface area contributed by atoms with Crippen molar-refractivity contribution in [1.82, 2.24) is 4.31 Å². The Hall–Kier alpha value is -2.10. The molecular formula is C19H26N2O5S2. The highest BCUT2D eigenvalue weighted by atomic mass is 32.2. The lowest BCUT2D eigenvalue weighted by molar-refractivity contribution is 0.414. The van der Waals surface area contributed by atoms with Crippen LogP contribution >= 0.6 is 0 Å². The molecule has 0 aliphatic carbocycles. The molecule has 2 rings (SSSR count). The molecule has 2 aromatic carbocycles. The number of benzene rings is 2. The number of hydrogen-bond acceptors (Lipinski definition) is 5. The van der Waals surface area contributed by atoms with Gasteiger partial charge in [-0.25, -0.2) is 16.8 Å². The summed E-state index contributed by atoms with van der Waals surface area (Å²) in [5.74, 6) is 0.540. The van der Waals surface area contributed by atoms with Gasteiger partial charge in [0, 0.05) is 13.1 Å². The Labute approximate surface area is 167 Å². The molecule has 0 saturated heterocycles. The number of hydrogen-bond donors (Lipinski definition) is 1. The van der Waals surface area contributed by atoms with E-state index in [4.69, 9.17) is 4.74 Å². The van der Waals surface area contributed by atoms with Gasteiger partial charge in [0.2, 0.25) is 10.0 Å². The standard InChI is InChI=1S/C19H26N2O5S2/c1-6-21(7-2)28(24,25)18-12-14(3)15(4)19(13-18)20-27(22,23)17-10-8-16(26-5)9-11-17/h8-13,20H,6-7H2,1-5H3. The quantitative estimate of drug-likeness (QED) is 0.700. The van der Waals surface area contributed by atoms with Crippen molar-refractivity contribution in [1.29, 1.82) is 0 Å². The van der Waals surface area contributed by atoms with Crippen molar-refractivity contribution in [2.75, 3.05) is 24.9 Å². The minimum absolute atomic E-state index is 0.0577. The predicted octanol–water partition coefficient (Wildman–Crippen LogP) is 3.14. The van der Waals surface area contributed by atoms with E-state index in [0.29, 0.717) is 30.0 Å². The Morgan fingerprint density at radius 1 is 0.929 bits per heavy atom. The SMILES string of the molecule is CCN(CC)S(=O)(=O)c1cc(C)c(C)c(NS(=O)(=O)c2ccc(OC)cc2)c1. The first kappa shape index (κ1) is 22.2. The lowest BCUT2D eigenvalue weighted by Gasteiger charge is -2.20. The van der Waals surface area contributed by atoms with E-state index in [1.165, 1.54) is 29.6 Å². The van der Waals surface area contributed by atoms with Crippen molar-refractivity contribution in [2.45, 2.75) is 37.5 Å². The zero-order valence-corrected chi connectivity index (χ0v) is 18.3. The highest BCUT2D eigenvalue weighted by Gasteiger charge is 2.24. The van der Waals surface area contributed by atoms with E-state index in [9.17, 15) is 16.8 Å². The van der Waals surface area contributed by atoms with Crippen molar-refractivity contribution >= 4 is 25.7 Å². The highest BCUT2D eigenvalue weighted by molar-refractivity contribution is 7.92. The molecule has 0 heterocycles. The van der Waals surface area contributed by atoms with Crippen molar-refractivity contribution in [3.63, 3.8) is 0 Å². The molecule has 0 aliphatic rings. The van der Waals surface area contributed by atoms with E-state index in [1.807, 2.05) is 0 Å². The van der Waals surface area contributed by atoms with Crippen LogP contribution in [0.4, 0.5) is 5.69 Å². The molecule has 2 aromatic rings. The van der Waals surface area contributed by atoms with E-state index < -0.39 is 20.0 Å². The second-order valence-electron chi connectivity index (χ2n) is 6.28. The fourth-order valence-corrected chi connectivity index (χ4v) is 5.44. The smallest absolute Gasteiger partial charge is 0.261 e. The summed E-state index contributed by atoms with van der Waals surface area (Å²) in [6.07, 6.45) is 0. The molecule has 0 saturated carbocycles. The number of sulfonamides is 2. The number of methoxy groups -OCH3 is 1. The largest absolute Gasteiger partial charge is 0.497 e. The van der Waals surface area contributed by atoms with Crippen LogP contribution in [-0.2, 0) is 20.0 Å². The number of aryl methyl sites for hydroxylation is 1. The second kappa shape index (κ2) is 8.50. The third-order valence-electron chi connectivity index (χ3n) is 4.60. The monoisotopic (exact) mass is 426 g/mol. The molecule has 0 radical (unpaired) electrons. The molecule has 0 aliphatic heterocycles. The van der Waals surface area contributed by atoms with E-state index in [2.05, 4.69) is 4.72 Å². The molecule has 0 fully saturated rings. The average molecular weight is 427 g/mol. The second-order valence-corrected chi connectivity index (χ2v) is 9.90. The van der Waals surface area contributed by atoms with E-state index in [0.717, 1.165) is 0 Å². The van der Waals surface area contributed by atoms with Crippen molar-refractivity contribution < 1.29 is 21.6 Å². The summed E-state index contributed by atoms with van der Waals surface area (Å²) >= 11 is 0. The van der Waals surface area contributed by atoms with E-state index in [1.54, 1.807) is 45.9 Å². The van der Waals surface area contributed by atoms with Gasteiger partial charge in [0.1, 0.15) is 5.75 Å². The van der Waals surface area contributed by atoms with Crippen LogP contribution in [0.2, 0.25) is 0 Å². The Balaban J connectivity index is 2.49. The minimum atomic E-state index is -3.89. The molecule has 0 atom stereocenters. The Bertz CT molecular complexity index is 1040. The number of ether oxygens (including phenoxy) is 1. The third kappa shape index (κ3) is 4.48. The van der Waals surface area contributed by atoms with Crippen molar-refractivity contribution in [3.8, 4) is 5.75 Å². The average Bonchev–Trinajstić information content (AvgIpc) is 2.65. The van der Waals surface area contributed by atoms with Crippen molar-refractivity contribution in [2.24, 2.45) is 0 Å².